The Morgan fingerprint density at radius 1 is 1.24 bits per heavy atom. The quantitative estimate of drug-likeness (QED) is 0.708. The van der Waals surface area contributed by atoms with Crippen molar-refractivity contribution in [3.05, 3.63) is 0 Å². The van der Waals surface area contributed by atoms with Gasteiger partial charge in [0.2, 0.25) is 0 Å². The molecule has 0 spiro atoms. The SMILES string of the molecule is CC1(C)C[C@@H]1OC(=O)N1C(C)(C)COC1(C)C. The average molecular weight is 241 g/mol. The van der Waals surface area contributed by atoms with E-state index in [1.165, 1.54) is 0 Å². The zero-order valence-electron chi connectivity index (χ0n) is 11.7. The molecule has 0 N–H and O–H groups in total. The summed E-state index contributed by atoms with van der Waals surface area (Å²) in [6.45, 7) is 12.6. The average Bonchev–Trinajstić information content (AvgIpc) is 2.61. The first-order chi connectivity index (χ1) is 7.56. The molecule has 1 amide bonds. The molecule has 4 heteroatoms. The van der Waals surface area contributed by atoms with Crippen LogP contribution in [-0.4, -0.2) is 35.0 Å². The molecule has 1 aliphatic heterocycles. The molecule has 0 unspecified atom stereocenters. The highest BCUT2D eigenvalue weighted by Gasteiger charge is 2.54. The van der Waals surface area contributed by atoms with Gasteiger partial charge in [0.15, 0.2) is 0 Å². The topological polar surface area (TPSA) is 38.8 Å². The Morgan fingerprint density at radius 2 is 1.76 bits per heavy atom. The molecule has 4 nitrogen and oxygen atoms in total. The number of ether oxygens (including phenoxy) is 2. The van der Waals surface area contributed by atoms with Crippen LogP contribution in [0.2, 0.25) is 0 Å². The zero-order valence-corrected chi connectivity index (χ0v) is 11.7. The number of carbonyl (C=O) groups excluding carboxylic acids is 1. The number of nitrogens with zero attached hydrogens (tertiary/aromatic N) is 1. The fraction of sp³-hybridized carbons (Fsp3) is 0.923. The second kappa shape index (κ2) is 3.37. The fourth-order valence-corrected chi connectivity index (χ4v) is 2.47. The summed E-state index contributed by atoms with van der Waals surface area (Å²) in [7, 11) is 0. The van der Waals surface area contributed by atoms with Gasteiger partial charge in [0, 0.05) is 5.41 Å². The van der Waals surface area contributed by atoms with Crippen LogP contribution in [-0.2, 0) is 9.47 Å². The molecular weight excluding hydrogens is 218 g/mol. The lowest BCUT2D eigenvalue weighted by molar-refractivity contribution is -0.0544. The smallest absolute Gasteiger partial charge is 0.412 e. The van der Waals surface area contributed by atoms with E-state index < -0.39 is 5.72 Å². The van der Waals surface area contributed by atoms with E-state index in [-0.39, 0.29) is 23.2 Å². The van der Waals surface area contributed by atoms with Gasteiger partial charge >= 0.3 is 6.09 Å². The number of rotatable bonds is 1. The first-order valence-electron chi connectivity index (χ1n) is 6.21. The molecule has 17 heavy (non-hydrogen) atoms. The van der Waals surface area contributed by atoms with Crippen molar-refractivity contribution in [3.8, 4) is 0 Å². The van der Waals surface area contributed by atoms with Crippen LogP contribution in [0.1, 0.15) is 48.0 Å². The molecule has 2 aliphatic rings. The Kier molecular flexibility index (Phi) is 2.52. The summed E-state index contributed by atoms with van der Waals surface area (Å²) in [4.78, 5) is 14.0. The molecule has 1 saturated heterocycles. The summed E-state index contributed by atoms with van der Waals surface area (Å²) >= 11 is 0. The van der Waals surface area contributed by atoms with Crippen LogP contribution < -0.4 is 0 Å². The van der Waals surface area contributed by atoms with Crippen molar-refractivity contribution in [1.29, 1.82) is 0 Å². The Bertz CT molecular complexity index is 331. The van der Waals surface area contributed by atoms with Crippen molar-refractivity contribution in [2.24, 2.45) is 5.41 Å². The van der Waals surface area contributed by atoms with Crippen LogP contribution in [0.5, 0.6) is 0 Å². The van der Waals surface area contributed by atoms with E-state index in [2.05, 4.69) is 13.8 Å². The summed E-state index contributed by atoms with van der Waals surface area (Å²) in [6, 6.07) is 0. The molecule has 0 radical (unpaired) electrons. The van der Waals surface area contributed by atoms with E-state index in [0.717, 1.165) is 6.42 Å². The lowest BCUT2D eigenvalue weighted by Crippen LogP contribution is -2.53. The van der Waals surface area contributed by atoms with Gasteiger partial charge in [0.1, 0.15) is 11.8 Å². The summed E-state index contributed by atoms with van der Waals surface area (Å²) < 4.78 is 11.2. The van der Waals surface area contributed by atoms with Crippen molar-refractivity contribution in [3.63, 3.8) is 0 Å². The third kappa shape index (κ3) is 2.15. The second-order valence-corrected chi connectivity index (χ2v) is 6.95. The Hall–Kier alpha value is -0.770. The molecule has 0 aromatic carbocycles. The second-order valence-electron chi connectivity index (χ2n) is 6.95. The summed E-state index contributed by atoms with van der Waals surface area (Å²) in [5.41, 5.74) is -0.746. The molecule has 0 aromatic rings. The molecule has 98 valence electrons. The van der Waals surface area contributed by atoms with Crippen LogP contribution >= 0.6 is 0 Å². The summed E-state index contributed by atoms with van der Waals surface area (Å²) in [5.74, 6) is 0. The summed E-state index contributed by atoms with van der Waals surface area (Å²) in [6.07, 6.45) is 0.754. The molecule has 1 aliphatic carbocycles. The maximum Gasteiger partial charge on any atom is 0.412 e. The number of amides is 1. The van der Waals surface area contributed by atoms with Crippen molar-refractivity contribution >= 4 is 6.09 Å². The molecule has 1 saturated carbocycles. The lowest BCUT2D eigenvalue weighted by atomic mass is 10.0. The van der Waals surface area contributed by atoms with E-state index in [1.807, 2.05) is 27.7 Å². The Morgan fingerprint density at radius 3 is 2.12 bits per heavy atom. The molecule has 1 heterocycles. The first kappa shape index (κ1) is 12.7. The number of hydrogen-bond donors (Lipinski definition) is 0. The minimum absolute atomic E-state index is 0.0576. The van der Waals surface area contributed by atoms with Gasteiger partial charge in [-0.1, -0.05) is 13.8 Å². The normalized spacial score (nSPS) is 32.4. The third-order valence-electron chi connectivity index (χ3n) is 3.77. The summed E-state index contributed by atoms with van der Waals surface area (Å²) in [5, 5.41) is 0. The van der Waals surface area contributed by atoms with Gasteiger partial charge in [-0.3, -0.25) is 4.90 Å². The standard InChI is InChI=1S/C13H23NO3/c1-11(2)7-9(11)17-10(15)14-12(3,4)8-16-13(14,5)6/h9H,7-8H2,1-6H3/t9-/m0/s1. The van der Waals surface area contributed by atoms with Gasteiger partial charge in [-0.15, -0.1) is 0 Å². The Labute approximate surface area is 103 Å². The van der Waals surface area contributed by atoms with Crippen LogP contribution in [0.15, 0.2) is 0 Å². The highest BCUT2D eigenvalue weighted by molar-refractivity contribution is 5.70. The van der Waals surface area contributed by atoms with Crippen LogP contribution in [0, 0.1) is 5.41 Å². The van der Waals surface area contributed by atoms with E-state index in [0.29, 0.717) is 6.61 Å². The van der Waals surface area contributed by atoms with Gasteiger partial charge in [0.25, 0.3) is 0 Å². The first-order valence-corrected chi connectivity index (χ1v) is 6.21. The molecule has 0 bridgehead atoms. The zero-order chi connectivity index (χ0) is 13.1. The van der Waals surface area contributed by atoms with Crippen molar-refractivity contribution in [2.75, 3.05) is 6.61 Å². The predicted octanol–water partition coefficient (Wildman–Crippen LogP) is 2.77. The molecule has 2 fully saturated rings. The van der Waals surface area contributed by atoms with Crippen LogP contribution in [0.4, 0.5) is 4.79 Å². The fourth-order valence-electron chi connectivity index (χ4n) is 2.47. The van der Waals surface area contributed by atoms with Crippen molar-refractivity contribution in [2.45, 2.75) is 65.3 Å². The predicted molar refractivity (Wildman–Crippen MR) is 64.6 cm³/mol. The van der Waals surface area contributed by atoms with Crippen LogP contribution in [0.3, 0.4) is 0 Å². The van der Waals surface area contributed by atoms with Gasteiger partial charge in [-0.05, 0) is 34.1 Å². The minimum Gasteiger partial charge on any atom is -0.445 e. The minimum atomic E-state index is -0.584. The monoisotopic (exact) mass is 241 g/mol. The van der Waals surface area contributed by atoms with Gasteiger partial charge in [-0.2, -0.15) is 0 Å². The number of carbonyl (C=O) groups is 1. The van der Waals surface area contributed by atoms with Gasteiger partial charge in [-0.25, -0.2) is 4.79 Å². The largest absolute Gasteiger partial charge is 0.445 e. The maximum atomic E-state index is 12.2. The van der Waals surface area contributed by atoms with E-state index in [4.69, 9.17) is 9.47 Å². The van der Waals surface area contributed by atoms with Crippen molar-refractivity contribution < 1.29 is 14.3 Å². The maximum absolute atomic E-state index is 12.2. The molecule has 0 aromatic heterocycles. The molecule has 1 atom stereocenters. The molecular formula is C13H23NO3. The van der Waals surface area contributed by atoms with E-state index >= 15 is 0 Å². The molecule has 2 rings (SSSR count). The van der Waals surface area contributed by atoms with Gasteiger partial charge < -0.3 is 9.47 Å². The highest BCUT2D eigenvalue weighted by atomic mass is 16.6. The van der Waals surface area contributed by atoms with Crippen molar-refractivity contribution in [1.82, 2.24) is 4.90 Å². The number of hydrogen-bond acceptors (Lipinski definition) is 3. The van der Waals surface area contributed by atoms with Crippen LogP contribution in [0.25, 0.3) is 0 Å². The van der Waals surface area contributed by atoms with Gasteiger partial charge in [0.05, 0.1) is 12.1 Å². The van der Waals surface area contributed by atoms with E-state index in [1.54, 1.807) is 4.90 Å². The Balaban J connectivity index is 2.07. The lowest BCUT2D eigenvalue weighted by Gasteiger charge is -2.36. The van der Waals surface area contributed by atoms with E-state index in [9.17, 15) is 4.79 Å². The highest BCUT2D eigenvalue weighted by Crippen LogP contribution is 2.48. The third-order valence-corrected chi connectivity index (χ3v) is 3.77.